The van der Waals surface area contributed by atoms with E-state index in [1.54, 1.807) is 0 Å². The summed E-state index contributed by atoms with van der Waals surface area (Å²) in [5, 5.41) is 9.60. The van der Waals surface area contributed by atoms with Crippen LogP contribution >= 0.6 is 0 Å². The summed E-state index contributed by atoms with van der Waals surface area (Å²) in [6.07, 6.45) is 8.49. The van der Waals surface area contributed by atoms with Gasteiger partial charge in [0.2, 0.25) is 5.89 Å². The summed E-state index contributed by atoms with van der Waals surface area (Å²) in [4.78, 5) is 18.9. The van der Waals surface area contributed by atoms with E-state index in [0.717, 1.165) is 62.3 Å². The lowest BCUT2D eigenvalue weighted by molar-refractivity contribution is -0.141. The SMILES string of the molecule is Cc1oc(-c2ccccc2)nc1CCCN1CCC(CC(C(=O)O)n2cccc2)CC1. The number of oxazole rings is 1. The highest BCUT2D eigenvalue weighted by Crippen LogP contribution is 2.28. The molecule has 0 spiro atoms. The summed E-state index contributed by atoms with van der Waals surface area (Å²) in [5.74, 6) is 1.33. The normalized spacial score (nSPS) is 16.4. The number of likely N-dealkylation sites (tertiary alicyclic amines) is 1. The number of carbonyl (C=O) groups is 1. The van der Waals surface area contributed by atoms with Crippen LogP contribution < -0.4 is 0 Å². The number of hydrogen-bond donors (Lipinski definition) is 1. The van der Waals surface area contributed by atoms with Crippen LogP contribution in [-0.2, 0) is 11.2 Å². The molecule has 1 saturated heterocycles. The molecule has 1 aliphatic rings. The number of aryl methyl sites for hydroxylation is 2. The quantitative estimate of drug-likeness (QED) is 0.537. The number of carboxylic acids is 1. The smallest absolute Gasteiger partial charge is 0.326 e. The van der Waals surface area contributed by atoms with E-state index in [0.29, 0.717) is 18.2 Å². The summed E-state index contributed by atoms with van der Waals surface area (Å²) in [5.41, 5.74) is 2.06. The van der Waals surface area contributed by atoms with Crippen molar-refractivity contribution in [2.75, 3.05) is 19.6 Å². The lowest BCUT2D eigenvalue weighted by Gasteiger charge is -2.33. The Morgan fingerprint density at radius 3 is 2.55 bits per heavy atom. The minimum absolute atomic E-state index is 0.458. The van der Waals surface area contributed by atoms with Crippen molar-refractivity contribution in [3.63, 3.8) is 0 Å². The van der Waals surface area contributed by atoms with Crippen LogP contribution in [0.4, 0.5) is 0 Å². The van der Waals surface area contributed by atoms with Crippen LogP contribution in [0.5, 0.6) is 0 Å². The number of aliphatic carboxylic acids is 1. The lowest BCUT2D eigenvalue weighted by Crippen LogP contribution is -2.36. The summed E-state index contributed by atoms with van der Waals surface area (Å²) in [6.45, 7) is 5.11. The zero-order chi connectivity index (χ0) is 21.6. The Morgan fingerprint density at radius 1 is 1.16 bits per heavy atom. The maximum absolute atomic E-state index is 11.7. The zero-order valence-electron chi connectivity index (χ0n) is 18.1. The molecule has 164 valence electrons. The minimum Gasteiger partial charge on any atom is -0.480 e. The van der Waals surface area contributed by atoms with E-state index < -0.39 is 12.0 Å². The molecule has 1 atom stereocenters. The van der Waals surface area contributed by atoms with Crippen LogP contribution in [-0.4, -0.2) is 45.2 Å². The van der Waals surface area contributed by atoms with Gasteiger partial charge in [0.15, 0.2) is 0 Å². The van der Waals surface area contributed by atoms with Crippen molar-refractivity contribution in [2.45, 2.75) is 45.1 Å². The van der Waals surface area contributed by atoms with E-state index in [9.17, 15) is 9.90 Å². The molecule has 2 aromatic heterocycles. The first kappa shape index (κ1) is 21.4. The van der Waals surface area contributed by atoms with Gasteiger partial charge in [-0.1, -0.05) is 18.2 Å². The van der Waals surface area contributed by atoms with Gasteiger partial charge in [0, 0.05) is 18.0 Å². The zero-order valence-corrected chi connectivity index (χ0v) is 18.1. The number of nitrogens with zero attached hydrogens (tertiary/aromatic N) is 3. The van der Waals surface area contributed by atoms with Crippen molar-refractivity contribution < 1.29 is 14.3 Å². The van der Waals surface area contributed by atoms with Crippen LogP contribution in [0, 0.1) is 12.8 Å². The molecule has 4 rings (SSSR count). The van der Waals surface area contributed by atoms with Crippen molar-refractivity contribution in [1.82, 2.24) is 14.5 Å². The first-order valence-electron chi connectivity index (χ1n) is 11.2. The maximum atomic E-state index is 11.7. The highest BCUT2D eigenvalue weighted by atomic mass is 16.4. The molecule has 31 heavy (non-hydrogen) atoms. The molecule has 3 aromatic rings. The fourth-order valence-electron chi connectivity index (χ4n) is 4.50. The number of carboxylic acid groups (broad SMARTS) is 1. The molecule has 1 fully saturated rings. The van der Waals surface area contributed by atoms with Crippen LogP contribution in [0.1, 0.15) is 43.2 Å². The van der Waals surface area contributed by atoms with Crippen LogP contribution in [0.2, 0.25) is 0 Å². The van der Waals surface area contributed by atoms with Crippen molar-refractivity contribution in [3.05, 3.63) is 66.3 Å². The second-order valence-electron chi connectivity index (χ2n) is 8.50. The highest BCUT2D eigenvalue weighted by Gasteiger charge is 2.26. The van der Waals surface area contributed by atoms with Gasteiger partial charge in [0.05, 0.1) is 5.69 Å². The van der Waals surface area contributed by atoms with Gasteiger partial charge >= 0.3 is 5.97 Å². The highest BCUT2D eigenvalue weighted by molar-refractivity contribution is 5.71. The van der Waals surface area contributed by atoms with Crippen LogP contribution in [0.25, 0.3) is 11.5 Å². The van der Waals surface area contributed by atoms with Gasteiger partial charge in [-0.2, -0.15) is 0 Å². The van der Waals surface area contributed by atoms with E-state index in [1.165, 1.54) is 0 Å². The molecular formula is C25H31N3O3. The average molecular weight is 422 g/mol. The van der Waals surface area contributed by atoms with E-state index in [-0.39, 0.29) is 0 Å². The predicted octanol–water partition coefficient (Wildman–Crippen LogP) is 4.81. The molecular weight excluding hydrogens is 390 g/mol. The Hall–Kier alpha value is -2.86. The molecule has 0 amide bonds. The topological polar surface area (TPSA) is 71.5 Å². The van der Waals surface area contributed by atoms with E-state index >= 15 is 0 Å². The molecule has 0 aliphatic carbocycles. The monoisotopic (exact) mass is 421 g/mol. The Balaban J connectivity index is 1.22. The van der Waals surface area contributed by atoms with Gasteiger partial charge in [0.25, 0.3) is 0 Å². The second kappa shape index (κ2) is 9.96. The summed E-state index contributed by atoms with van der Waals surface area (Å²) < 4.78 is 7.69. The van der Waals surface area contributed by atoms with Gasteiger partial charge in [-0.15, -0.1) is 0 Å². The Bertz CT molecular complexity index is 957. The number of rotatable bonds is 9. The lowest BCUT2D eigenvalue weighted by atomic mass is 9.90. The number of piperidine rings is 1. The first-order chi connectivity index (χ1) is 15.1. The first-order valence-corrected chi connectivity index (χ1v) is 11.2. The minimum atomic E-state index is -0.739. The molecule has 0 bridgehead atoms. The average Bonchev–Trinajstić information content (AvgIpc) is 3.44. The van der Waals surface area contributed by atoms with E-state index in [4.69, 9.17) is 9.40 Å². The molecule has 1 unspecified atom stereocenters. The van der Waals surface area contributed by atoms with Crippen LogP contribution in [0.15, 0.2) is 59.3 Å². The molecule has 6 nitrogen and oxygen atoms in total. The van der Waals surface area contributed by atoms with Gasteiger partial charge in [-0.05, 0) is 88.8 Å². The molecule has 1 N–H and O–H groups in total. The third-order valence-corrected chi connectivity index (χ3v) is 6.34. The molecule has 0 radical (unpaired) electrons. The third-order valence-electron chi connectivity index (χ3n) is 6.34. The van der Waals surface area contributed by atoms with Crippen molar-refractivity contribution in [3.8, 4) is 11.5 Å². The molecule has 1 aliphatic heterocycles. The fraction of sp³-hybridized carbons (Fsp3) is 0.440. The van der Waals surface area contributed by atoms with Crippen molar-refractivity contribution >= 4 is 5.97 Å². The maximum Gasteiger partial charge on any atom is 0.326 e. The number of hydrogen-bond acceptors (Lipinski definition) is 4. The van der Waals surface area contributed by atoms with Crippen molar-refractivity contribution in [2.24, 2.45) is 5.92 Å². The Morgan fingerprint density at radius 2 is 1.87 bits per heavy atom. The summed E-state index contributed by atoms with van der Waals surface area (Å²) in [7, 11) is 0. The van der Waals surface area contributed by atoms with Gasteiger partial charge < -0.3 is 19.0 Å². The second-order valence-corrected chi connectivity index (χ2v) is 8.50. The standard InChI is InChI=1S/C25H31N3O3/c1-19-22(26-24(31-19)21-8-3-2-4-9-21)10-7-13-27-16-11-20(12-17-27)18-23(25(29)30)28-14-5-6-15-28/h2-6,8-9,14-15,20,23H,7,10-13,16-18H2,1H3,(H,29,30). The summed E-state index contributed by atoms with van der Waals surface area (Å²) in [6, 6.07) is 13.3. The van der Waals surface area contributed by atoms with Crippen LogP contribution in [0.3, 0.4) is 0 Å². The molecule has 1 aromatic carbocycles. The van der Waals surface area contributed by atoms with Gasteiger partial charge in [-0.3, -0.25) is 0 Å². The molecule has 0 saturated carbocycles. The van der Waals surface area contributed by atoms with E-state index in [2.05, 4.69) is 4.90 Å². The molecule has 3 heterocycles. The largest absolute Gasteiger partial charge is 0.480 e. The fourth-order valence-corrected chi connectivity index (χ4v) is 4.50. The molecule has 6 heteroatoms. The predicted molar refractivity (Wildman–Crippen MR) is 120 cm³/mol. The Labute approximate surface area is 183 Å². The third kappa shape index (κ3) is 5.44. The van der Waals surface area contributed by atoms with Gasteiger partial charge in [0.1, 0.15) is 11.8 Å². The Kier molecular flexibility index (Phi) is 6.87. The van der Waals surface area contributed by atoms with E-state index in [1.807, 2.05) is 66.3 Å². The van der Waals surface area contributed by atoms with Crippen molar-refractivity contribution in [1.29, 1.82) is 0 Å². The number of benzene rings is 1. The summed E-state index contributed by atoms with van der Waals surface area (Å²) >= 11 is 0. The number of aromatic nitrogens is 2. The van der Waals surface area contributed by atoms with Gasteiger partial charge in [-0.25, -0.2) is 9.78 Å².